The number of rotatable bonds is 8. The van der Waals surface area contributed by atoms with Gasteiger partial charge in [-0.05, 0) is 125 Å². The Balaban J connectivity index is 0.000000526. The van der Waals surface area contributed by atoms with E-state index < -0.39 is 0 Å². The summed E-state index contributed by atoms with van der Waals surface area (Å²) in [6, 6.07) is 45.4. The number of hydrogen-bond donors (Lipinski definition) is 1. The van der Waals surface area contributed by atoms with E-state index in [0.717, 1.165) is 41.3 Å². The largest absolute Gasteiger partial charge is 0.331 e. The van der Waals surface area contributed by atoms with E-state index in [9.17, 15) is 0 Å². The lowest BCUT2D eigenvalue weighted by molar-refractivity contribution is 0.695. The van der Waals surface area contributed by atoms with Crippen LogP contribution in [0.5, 0.6) is 0 Å². The molecule has 0 saturated carbocycles. The molecule has 5 nitrogen and oxygen atoms in total. The van der Waals surface area contributed by atoms with Crippen LogP contribution < -0.4 is 5.73 Å². The number of amidine groups is 2. The Kier molecular flexibility index (Phi) is 14.6. The maximum atomic E-state index is 4.85. The van der Waals surface area contributed by atoms with Crippen LogP contribution in [-0.4, -0.2) is 29.9 Å². The second-order valence-electron chi connectivity index (χ2n) is 14.2. The highest BCUT2D eigenvalue weighted by Crippen LogP contribution is 2.57. The summed E-state index contributed by atoms with van der Waals surface area (Å²) in [7, 11) is 0. The van der Waals surface area contributed by atoms with Crippen molar-refractivity contribution < 1.29 is 0 Å². The van der Waals surface area contributed by atoms with Gasteiger partial charge in [0.1, 0.15) is 5.84 Å². The van der Waals surface area contributed by atoms with Crippen molar-refractivity contribution in [1.29, 1.82) is 0 Å². The van der Waals surface area contributed by atoms with E-state index in [-0.39, 0.29) is 5.41 Å². The number of nitrogens with two attached hydrogens (primary N) is 1. The van der Waals surface area contributed by atoms with E-state index >= 15 is 0 Å². The first-order chi connectivity index (χ1) is 29.0. The van der Waals surface area contributed by atoms with Gasteiger partial charge in [0.25, 0.3) is 0 Å². The average Bonchev–Trinajstić information content (AvgIpc) is 3.59. The van der Waals surface area contributed by atoms with E-state index in [4.69, 9.17) is 15.7 Å². The Morgan fingerprint density at radius 3 is 2.29 bits per heavy atom. The quantitative estimate of drug-likeness (QED) is 0.0950. The molecule has 0 fully saturated rings. The van der Waals surface area contributed by atoms with Crippen LogP contribution in [0.15, 0.2) is 209 Å². The van der Waals surface area contributed by atoms with Gasteiger partial charge in [-0.15, -0.1) is 0 Å². The third kappa shape index (κ3) is 9.33. The molecule has 1 heterocycles. The number of pyridine rings is 1. The summed E-state index contributed by atoms with van der Waals surface area (Å²) in [5.74, 6) is 1.24. The molecule has 0 bridgehead atoms. The van der Waals surface area contributed by atoms with Crippen LogP contribution >= 0.6 is 0 Å². The SMILES string of the molecule is C=C/C=C\C=C/C.C=NC(=NC(C)=NCc1cccc(-c2ccc3c(c2)C2=C(CCC=C2)C3(c2ccccc2)c2ccncc2)c1)c1cccc2ccccc12.CCN. The molecule has 2 aliphatic carbocycles. The fraction of sp³-hybridized carbons (Fsp3) is 0.148. The summed E-state index contributed by atoms with van der Waals surface area (Å²) in [5.41, 5.74) is 16.9. The average molecular weight is 772 g/mol. The van der Waals surface area contributed by atoms with E-state index in [2.05, 4.69) is 139 Å². The van der Waals surface area contributed by atoms with Crippen molar-refractivity contribution in [2.24, 2.45) is 20.7 Å². The summed E-state index contributed by atoms with van der Waals surface area (Å²) >= 11 is 0. The molecule has 0 amide bonds. The first-order valence-corrected chi connectivity index (χ1v) is 20.3. The smallest absolute Gasteiger partial charge is 0.161 e. The lowest BCUT2D eigenvalue weighted by Crippen LogP contribution is -2.30. The molecule has 1 atom stereocenters. The van der Waals surface area contributed by atoms with Crippen molar-refractivity contribution in [1.82, 2.24) is 4.98 Å². The molecule has 0 aliphatic heterocycles. The van der Waals surface area contributed by atoms with Crippen molar-refractivity contribution >= 4 is 34.7 Å². The van der Waals surface area contributed by atoms with E-state index in [1.54, 1.807) is 6.08 Å². The van der Waals surface area contributed by atoms with Gasteiger partial charge in [-0.2, -0.15) is 0 Å². The van der Waals surface area contributed by atoms with Gasteiger partial charge in [0.2, 0.25) is 0 Å². The van der Waals surface area contributed by atoms with Crippen molar-refractivity contribution in [3.05, 3.63) is 228 Å². The number of nitrogens with zero attached hydrogens (tertiary/aromatic N) is 4. The molecule has 6 aromatic rings. The lowest BCUT2D eigenvalue weighted by atomic mass is 9.65. The number of benzene rings is 5. The molecule has 8 rings (SSSR count). The molecule has 59 heavy (non-hydrogen) atoms. The fourth-order valence-corrected chi connectivity index (χ4v) is 7.96. The van der Waals surface area contributed by atoms with Crippen LogP contribution in [0.25, 0.3) is 27.5 Å². The van der Waals surface area contributed by atoms with E-state index in [0.29, 0.717) is 18.2 Å². The first kappa shape index (κ1) is 41.8. The molecule has 2 aliphatic rings. The fourth-order valence-electron chi connectivity index (χ4n) is 7.96. The molecule has 294 valence electrons. The third-order valence-electron chi connectivity index (χ3n) is 10.4. The van der Waals surface area contributed by atoms with E-state index in [1.165, 1.54) is 44.5 Å². The van der Waals surface area contributed by atoms with Crippen LogP contribution in [0.3, 0.4) is 0 Å². The summed E-state index contributed by atoms with van der Waals surface area (Å²) < 4.78 is 0. The zero-order chi connectivity index (χ0) is 41.5. The number of allylic oxidation sites excluding steroid dienone is 9. The standard InChI is InChI=1S/C45H36N4.C7H10.C2H7N/c1-31(49-44(46-2)40-20-11-14-33-13-6-7-18-38(33)40)48-30-32-12-10-15-34(28-32)35-22-23-43-41(29-35)39-19-8-9-21-42(39)45(43,36-16-4-3-5-17-36)37-24-26-47-27-25-37;1-3-5-7-6-4-2;1-2-3/h3-8,10-20,22-29H,2,9,21,30H2,1H3;3-7H,1H2,2H3;2-3H2,1H3/b;6-4-,7-5-;. The number of fused-ring (bicyclic) bond motifs is 3. The third-order valence-corrected chi connectivity index (χ3v) is 10.4. The Bertz CT molecular complexity index is 2530. The summed E-state index contributed by atoms with van der Waals surface area (Å²) in [6.07, 6.45) is 20.1. The van der Waals surface area contributed by atoms with Gasteiger partial charge in [-0.3, -0.25) is 9.98 Å². The maximum absolute atomic E-state index is 4.85. The highest BCUT2D eigenvalue weighted by Gasteiger charge is 2.47. The van der Waals surface area contributed by atoms with Crippen molar-refractivity contribution in [2.45, 2.75) is 45.6 Å². The van der Waals surface area contributed by atoms with Crippen LogP contribution in [0.4, 0.5) is 0 Å². The van der Waals surface area contributed by atoms with E-state index in [1.807, 2.05) is 81.7 Å². The van der Waals surface area contributed by atoms with Gasteiger partial charge in [0.05, 0.1) is 12.0 Å². The predicted molar refractivity (Wildman–Crippen MR) is 253 cm³/mol. The van der Waals surface area contributed by atoms with Crippen LogP contribution in [0.2, 0.25) is 0 Å². The summed E-state index contributed by atoms with van der Waals surface area (Å²) in [6.45, 7) is 14.4. The van der Waals surface area contributed by atoms with Crippen LogP contribution in [0.1, 0.15) is 67.0 Å². The van der Waals surface area contributed by atoms with Gasteiger partial charge in [0.15, 0.2) is 5.84 Å². The Morgan fingerprint density at radius 1 is 0.814 bits per heavy atom. The zero-order valence-corrected chi connectivity index (χ0v) is 34.4. The second-order valence-corrected chi connectivity index (χ2v) is 14.2. The topological polar surface area (TPSA) is 76.0 Å². The molecular formula is C54H53N5. The highest BCUT2D eigenvalue weighted by molar-refractivity contribution is 6.14. The van der Waals surface area contributed by atoms with Gasteiger partial charge in [-0.25, -0.2) is 9.98 Å². The van der Waals surface area contributed by atoms with Gasteiger partial charge >= 0.3 is 0 Å². The Morgan fingerprint density at radius 2 is 1.53 bits per heavy atom. The minimum Gasteiger partial charge on any atom is -0.331 e. The molecule has 1 unspecified atom stereocenters. The predicted octanol–water partition coefficient (Wildman–Crippen LogP) is 12.7. The van der Waals surface area contributed by atoms with Crippen molar-refractivity contribution in [3.8, 4) is 11.1 Å². The van der Waals surface area contributed by atoms with Gasteiger partial charge in [-0.1, -0.05) is 159 Å². The van der Waals surface area contributed by atoms with Crippen LogP contribution in [-0.2, 0) is 12.0 Å². The lowest BCUT2D eigenvalue weighted by Gasteiger charge is -2.36. The Labute approximate surface area is 350 Å². The molecule has 0 radical (unpaired) electrons. The molecule has 2 N–H and O–H groups in total. The molecule has 0 saturated heterocycles. The molecule has 5 heteroatoms. The maximum Gasteiger partial charge on any atom is 0.161 e. The monoisotopic (exact) mass is 771 g/mol. The van der Waals surface area contributed by atoms with Crippen LogP contribution in [0, 0.1) is 0 Å². The molecule has 1 aromatic heterocycles. The molecule has 5 aromatic carbocycles. The van der Waals surface area contributed by atoms with Gasteiger partial charge in [0, 0.05) is 18.0 Å². The first-order valence-electron chi connectivity index (χ1n) is 20.3. The van der Waals surface area contributed by atoms with Crippen molar-refractivity contribution in [2.75, 3.05) is 6.54 Å². The van der Waals surface area contributed by atoms with Crippen molar-refractivity contribution in [3.63, 3.8) is 0 Å². The summed E-state index contributed by atoms with van der Waals surface area (Å²) in [5, 5.41) is 2.24. The number of aliphatic imine (C=N–C) groups is 3. The minimum atomic E-state index is -0.349. The Hall–Kier alpha value is -6.82. The van der Waals surface area contributed by atoms with Gasteiger partial charge < -0.3 is 5.73 Å². The highest BCUT2D eigenvalue weighted by atomic mass is 15.0. The summed E-state index contributed by atoms with van der Waals surface area (Å²) in [4.78, 5) is 18.3. The zero-order valence-electron chi connectivity index (χ0n) is 34.4. The number of hydrogen-bond acceptors (Lipinski definition) is 3. The minimum absolute atomic E-state index is 0.349. The second kappa shape index (κ2) is 20.6. The molecule has 0 spiro atoms. The number of aromatic nitrogens is 1. The molecular weight excluding hydrogens is 719 g/mol. The normalized spacial score (nSPS) is 15.9.